The molecule has 5 heteroatoms. The Morgan fingerprint density at radius 2 is 2.07 bits per heavy atom. The molecule has 0 nitrogen and oxygen atoms in total. The molecule has 0 amide bonds. The summed E-state index contributed by atoms with van der Waals surface area (Å²) in [6.07, 6.45) is -2.49. The number of fused-ring (bicyclic) bond motifs is 1. The molecule has 0 aliphatic carbocycles. The lowest BCUT2D eigenvalue weighted by Gasteiger charge is -2.01. The molecule has 0 unspecified atom stereocenters. The van der Waals surface area contributed by atoms with Crippen LogP contribution in [0.15, 0.2) is 22.0 Å². The molecule has 0 saturated carbocycles. The molecule has 0 fully saturated rings. The predicted octanol–water partition coefficient (Wildman–Crippen LogP) is 5.25. The van der Waals surface area contributed by atoms with Gasteiger partial charge in [-0.15, -0.1) is 11.3 Å². The van der Waals surface area contributed by atoms with E-state index in [1.165, 1.54) is 17.4 Å². The van der Waals surface area contributed by atoms with Crippen LogP contribution in [-0.4, -0.2) is 0 Å². The van der Waals surface area contributed by atoms with E-state index in [-0.39, 0.29) is 5.56 Å². The second kappa shape index (κ2) is 3.76. The molecule has 0 atom stereocenters. The summed E-state index contributed by atoms with van der Waals surface area (Å²) in [5.74, 6) is 0. The summed E-state index contributed by atoms with van der Waals surface area (Å²) in [5, 5.41) is 0.835. The fourth-order valence-corrected chi connectivity index (χ4v) is 3.25. The molecule has 0 bridgehead atoms. The first kappa shape index (κ1) is 10.3. The Morgan fingerprint density at radius 1 is 1.36 bits per heavy atom. The summed E-state index contributed by atoms with van der Waals surface area (Å²) in [7, 11) is 0. The zero-order valence-corrected chi connectivity index (χ0v) is 9.89. The van der Waals surface area contributed by atoms with Gasteiger partial charge in [-0.3, -0.25) is 0 Å². The Balaban J connectivity index is 2.84. The Kier molecular flexibility index (Phi) is 2.77. The first-order chi connectivity index (χ1) is 6.61. The van der Waals surface area contributed by atoms with E-state index >= 15 is 0 Å². The van der Waals surface area contributed by atoms with E-state index in [1.807, 2.05) is 0 Å². The van der Waals surface area contributed by atoms with Gasteiger partial charge in [-0.25, -0.2) is 8.78 Å². The quantitative estimate of drug-likeness (QED) is 0.674. The summed E-state index contributed by atoms with van der Waals surface area (Å²) in [6.45, 7) is 0. The van der Waals surface area contributed by atoms with Gasteiger partial charge in [0.25, 0.3) is 6.43 Å². The average Bonchev–Trinajstić information content (AvgIpc) is 2.43. The lowest BCUT2D eigenvalue weighted by Crippen LogP contribution is -1.83. The second-order valence-corrected chi connectivity index (χ2v) is 5.46. The fourth-order valence-electron chi connectivity index (χ4n) is 1.29. The van der Waals surface area contributed by atoms with Gasteiger partial charge in [-0.05, 0) is 22.0 Å². The van der Waals surface area contributed by atoms with Crippen molar-refractivity contribution in [3.8, 4) is 0 Å². The zero-order chi connectivity index (χ0) is 10.3. The van der Waals surface area contributed by atoms with Gasteiger partial charge in [0.05, 0.1) is 8.81 Å². The van der Waals surface area contributed by atoms with Gasteiger partial charge < -0.3 is 0 Å². The Labute approximate surface area is 96.6 Å². The molecule has 0 aliphatic rings. The summed E-state index contributed by atoms with van der Waals surface area (Å²) in [6, 6.07) is 4.80. The van der Waals surface area contributed by atoms with Crippen molar-refractivity contribution in [2.24, 2.45) is 0 Å². The lowest BCUT2D eigenvalue weighted by atomic mass is 10.1. The van der Waals surface area contributed by atoms with Gasteiger partial charge in [0.15, 0.2) is 0 Å². The van der Waals surface area contributed by atoms with Crippen LogP contribution in [0.4, 0.5) is 8.78 Å². The molecule has 0 saturated heterocycles. The molecule has 2 aromatic rings. The average molecular weight is 298 g/mol. The minimum Gasteiger partial charge on any atom is -0.205 e. The summed E-state index contributed by atoms with van der Waals surface area (Å²) in [4.78, 5) is 0. The van der Waals surface area contributed by atoms with Crippen LogP contribution in [0.25, 0.3) is 10.1 Å². The highest BCUT2D eigenvalue weighted by Gasteiger charge is 2.17. The molecule has 1 heterocycles. The van der Waals surface area contributed by atoms with E-state index in [0.717, 1.165) is 4.70 Å². The minimum absolute atomic E-state index is 0.00514. The SMILES string of the molecule is FC(F)c1cccc2sc(Br)c(Cl)c12. The van der Waals surface area contributed by atoms with E-state index in [9.17, 15) is 8.78 Å². The fraction of sp³-hybridized carbons (Fsp3) is 0.111. The van der Waals surface area contributed by atoms with E-state index in [2.05, 4.69) is 15.9 Å². The van der Waals surface area contributed by atoms with E-state index in [0.29, 0.717) is 14.2 Å². The number of halogens is 4. The summed E-state index contributed by atoms with van der Waals surface area (Å²) < 4.78 is 26.7. The van der Waals surface area contributed by atoms with Crippen molar-refractivity contribution >= 4 is 49.0 Å². The number of hydrogen-bond donors (Lipinski definition) is 0. The molecule has 0 spiro atoms. The van der Waals surface area contributed by atoms with Crippen LogP contribution in [-0.2, 0) is 0 Å². The maximum atomic E-state index is 12.6. The smallest absolute Gasteiger partial charge is 0.205 e. The van der Waals surface area contributed by atoms with Gasteiger partial charge in [-0.2, -0.15) is 0 Å². The standard InChI is InChI=1S/C9H4BrClF2S/c10-8-7(11)6-4(9(12)13)2-1-3-5(6)14-8/h1-3,9H. The minimum atomic E-state index is -2.49. The van der Waals surface area contributed by atoms with Crippen LogP contribution in [0.5, 0.6) is 0 Å². The molecule has 1 aromatic heterocycles. The monoisotopic (exact) mass is 296 g/mol. The highest BCUT2D eigenvalue weighted by molar-refractivity contribution is 9.11. The van der Waals surface area contributed by atoms with Crippen molar-refractivity contribution in [3.63, 3.8) is 0 Å². The summed E-state index contributed by atoms with van der Waals surface area (Å²) >= 11 is 10.5. The van der Waals surface area contributed by atoms with Crippen molar-refractivity contribution in [1.29, 1.82) is 0 Å². The number of benzene rings is 1. The lowest BCUT2D eigenvalue weighted by molar-refractivity contribution is 0.153. The van der Waals surface area contributed by atoms with Gasteiger partial charge >= 0.3 is 0 Å². The maximum absolute atomic E-state index is 12.6. The van der Waals surface area contributed by atoms with E-state index in [1.54, 1.807) is 12.1 Å². The number of thiophene rings is 1. The molecule has 74 valence electrons. The maximum Gasteiger partial charge on any atom is 0.264 e. The normalized spacial score (nSPS) is 11.5. The molecular formula is C9H4BrClF2S. The zero-order valence-electron chi connectivity index (χ0n) is 6.73. The van der Waals surface area contributed by atoms with Crippen molar-refractivity contribution in [2.45, 2.75) is 6.43 Å². The molecular weight excluding hydrogens is 294 g/mol. The molecule has 0 N–H and O–H groups in total. The number of hydrogen-bond acceptors (Lipinski definition) is 1. The van der Waals surface area contributed by atoms with Crippen LogP contribution in [0.2, 0.25) is 5.02 Å². The molecule has 0 aliphatic heterocycles. The van der Waals surface area contributed by atoms with E-state index < -0.39 is 6.43 Å². The van der Waals surface area contributed by atoms with Crippen LogP contribution in [0.3, 0.4) is 0 Å². The third-order valence-electron chi connectivity index (χ3n) is 1.89. The predicted molar refractivity (Wildman–Crippen MR) is 59.5 cm³/mol. The Hall–Kier alpha value is -0.190. The summed E-state index contributed by atoms with van der Waals surface area (Å²) in [5.41, 5.74) is -0.00514. The first-order valence-corrected chi connectivity index (χ1v) is 5.74. The highest BCUT2D eigenvalue weighted by Crippen LogP contribution is 2.42. The highest BCUT2D eigenvalue weighted by atomic mass is 79.9. The number of rotatable bonds is 1. The van der Waals surface area contributed by atoms with Crippen molar-refractivity contribution in [2.75, 3.05) is 0 Å². The first-order valence-electron chi connectivity index (χ1n) is 3.76. The van der Waals surface area contributed by atoms with Crippen LogP contribution >= 0.6 is 38.9 Å². The van der Waals surface area contributed by atoms with Crippen molar-refractivity contribution in [1.82, 2.24) is 0 Å². The van der Waals surface area contributed by atoms with Crippen LogP contribution < -0.4 is 0 Å². The third kappa shape index (κ3) is 1.55. The van der Waals surface area contributed by atoms with Gasteiger partial charge in [0, 0.05) is 15.6 Å². The van der Waals surface area contributed by atoms with Crippen molar-refractivity contribution in [3.05, 3.63) is 32.6 Å². The molecule has 0 radical (unpaired) electrons. The molecule has 14 heavy (non-hydrogen) atoms. The van der Waals surface area contributed by atoms with Gasteiger partial charge in [0.2, 0.25) is 0 Å². The Morgan fingerprint density at radius 3 is 2.71 bits per heavy atom. The van der Waals surface area contributed by atoms with Crippen molar-refractivity contribution < 1.29 is 8.78 Å². The van der Waals surface area contributed by atoms with Crippen LogP contribution in [0.1, 0.15) is 12.0 Å². The molecule has 2 rings (SSSR count). The van der Waals surface area contributed by atoms with Gasteiger partial charge in [-0.1, -0.05) is 23.7 Å². The third-order valence-corrected chi connectivity index (χ3v) is 4.43. The topological polar surface area (TPSA) is 0 Å². The Bertz CT molecular complexity index is 481. The van der Waals surface area contributed by atoms with E-state index in [4.69, 9.17) is 11.6 Å². The second-order valence-electron chi connectivity index (χ2n) is 2.71. The largest absolute Gasteiger partial charge is 0.264 e. The van der Waals surface area contributed by atoms with Crippen LogP contribution in [0, 0.1) is 0 Å². The van der Waals surface area contributed by atoms with Gasteiger partial charge in [0.1, 0.15) is 0 Å². The number of alkyl halides is 2. The molecule has 1 aromatic carbocycles.